The molecule has 19 heavy (non-hydrogen) atoms. The lowest BCUT2D eigenvalue weighted by Gasteiger charge is -2.04. The van der Waals surface area contributed by atoms with Crippen LogP contribution in [-0.2, 0) is 6.54 Å². The van der Waals surface area contributed by atoms with Crippen LogP contribution in [0.4, 0.5) is 13.8 Å². The lowest BCUT2D eigenvalue weighted by Crippen LogP contribution is -1.99. The summed E-state index contributed by atoms with van der Waals surface area (Å²) < 4.78 is 30.2. The molecule has 3 aromatic rings. The molecule has 96 valence electrons. The van der Waals surface area contributed by atoms with E-state index in [1.165, 1.54) is 17.6 Å². The first-order chi connectivity index (χ1) is 9.24. The monoisotopic (exact) mass is 276 g/mol. The van der Waals surface area contributed by atoms with E-state index in [0.717, 1.165) is 22.0 Å². The summed E-state index contributed by atoms with van der Waals surface area (Å²) in [6.07, 6.45) is 0. The van der Waals surface area contributed by atoms with Gasteiger partial charge in [0.25, 0.3) is 0 Å². The van der Waals surface area contributed by atoms with Crippen molar-refractivity contribution in [2.45, 2.75) is 6.54 Å². The Kier molecular flexibility index (Phi) is 3.13. The van der Waals surface area contributed by atoms with Crippen LogP contribution < -0.4 is 5.32 Å². The van der Waals surface area contributed by atoms with Crippen molar-refractivity contribution in [2.24, 2.45) is 0 Å². The normalized spacial score (nSPS) is 10.8. The van der Waals surface area contributed by atoms with E-state index in [0.29, 0.717) is 12.1 Å². The highest BCUT2D eigenvalue weighted by Crippen LogP contribution is 2.27. The van der Waals surface area contributed by atoms with Gasteiger partial charge in [0.1, 0.15) is 5.00 Å². The minimum Gasteiger partial charge on any atom is -0.371 e. The Morgan fingerprint density at radius 3 is 2.74 bits per heavy atom. The van der Waals surface area contributed by atoms with Crippen molar-refractivity contribution in [3.63, 3.8) is 0 Å². The largest absolute Gasteiger partial charge is 0.371 e. The maximum Gasteiger partial charge on any atom is 0.159 e. The maximum absolute atomic E-state index is 13.1. The number of nitrogens with one attached hydrogen (secondary N) is 1. The maximum atomic E-state index is 13.1. The number of fused-ring (bicyclic) bond motifs is 1. The zero-order valence-corrected chi connectivity index (χ0v) is 10.7. The lowest BCUT2D eigenvalue weighted by atomic mass is 10.2. The van der Waals surface area contributed by atoms with Crippen LogP contribution in [0.15, 0.2) is 42.5 Å². The van der Waals surface area contributed by atoms with E-state index in [9.17, 15) is 8.78 Å². The van der Waals surface area contributed by atoms with Gasteiger partial charge in [0.05, 0.1) is 5.52 Å². The third-order valence-corrected chi connectivity index (χ3v) is 3.66. The van der Waals surface area contributed by atoms with Crippen molar-refractivity contribution in [3.05, 3.63) is 59.7 Å². The topological polar surface area (TPSA) is 24.9 Å². The molecular weight excluding hydrogens is 266 g/mol. The minimum absolute atomic E-state index is 0.434. The average molecular weight is 276 g/mol. The van der Waals surface area contributed by atoms with Crippen LogP contribution in [-0.4, -0.2) is 4.37 Å². The van der Waals surface area contributed by atoms with Crippen LogP contribution in [0.5, 0.6) is 0 Å². The standard InChI is InChI=1S/C14H10F2N2S/c15-11-6-5-9(7-12(11)16)8-17-14-10-3-1-2-4-13(10)18-19-14/h1-7,17H,8H2. The zero-order chi connectivity index (χ0) is 13.2. The summed E-state index contributed by atoms with van der Waals surface area (Å²) >= 11 is 1.36. The van der Waals surface area contributed by atoms with Crippen LogP contribution in [0.25, 0.3) is 10.9 Å². The summed E-state index contributed by atoms with van der Waals surface area (Å²) in [6, 6.07) is 11.7. The molecule has 0 spiro atoms. The molecule has 2 aromatic carbocycles. The fourth-order valence-corrected chi connectivity index (χ4v) is 2.61. The van der Waals surface area contributed by atoms with Gasteiger partial charge in [0.2, 0.25) is 0 Å². The van der Waals surface area contributed by atoms with Crippen molar-refractivity contribution >= 4 is 27.4 Å². The van der Waals surface area contributed by atoms with Crippen LogP contribution in [0.2, 0.25) is 0 Å². The predicted molar refractivity (Wildman–Crippen MR) is 73.3 cm³/mol. The van der Waals surface area contributed by atoms with Gasteiger partial charge in [-0.3, -0.25) is 0 Å². The lowest BCUT2D eigenvalue weighted by molar-refractivity contribution is 0.507. The molecular formula is C14H10F2N2S. The summed E-state index contributed by atoms with van der Waals surface area (Å²) in [7, 11) is 0. The van der Waals surface area contributed by atoms with E-state index in [1.54, 1.807) is 6.07 Å². The Labute approximate surface area is 112 Å². The first-order valence-corrected chi connectivity index (χ1v) is 6.53. The number of hydrogen-bond donors (Lipinski definition) is 1. The number of benzene rings is 2. The SMILES string of the molecule is Fc1ccc(CNc2snc3ccccc23)cc1F. The molecule has 2 nitrogen and oxygen atoms in total. The van der Waals surface area contributed by atoms with E-state index in [2.05, 4.69) is 9.69 Å². The smallest absolute Gasteiger partial charge is 0.159 e. The third-order valence-electron chi connectivity index (χ3n) is 2.82. The molecule has 0 saturated heterocycles. The van der Waals surface area contributed by atoms with Gasteiger partial charge in [-0.1, -0.05) is 18.2 Å². The van der Waals surface area contributed by atoms with Crippen molar-refractivity contribution in [2.75, 3.05) is 5.32 Å². The van der Waals surface area contributed by atoms with Crippen molar-refractivity contribution in [1.82, 2.24) is 4.37 Å². The predicted octanol–water partition coefficient (Wildman–Crippen LogP) is 4.19. The second-order valence-electron chi connectivity index (χ2n) is 4.13. The summed E-state index contributed by atoms with van der Waals surface area (Å²) in [5, 5.41) is 5.17. The molecule has 0 amide bonds. The molecule has 5 heteroatoms. The van der Waals surface area contributed by atoms with Gasteiger partial charge in [0, 0.05) is 11.9 Å². The second kappa shape index (κ2) is 4.93. The summed E-state index contributed by atoms with van der Waals surface area (Å²) in [5.41, 5.74) is 1.62. The number of aromatic nitrogens is 1. The summed E-state index contributed by atoms with van der Waals surface area (Å²) in [6.45, 7) is 0.434. The molecule has 0 aliphatic carbocycles. The van der Waals surface area contributed by atoms with Crippen molar-refractivity contribution in [3.8, 4) is 0 Å². The Hall–Kier alpha value is -2.01. The number of rotatable bonds is 3. The Bertz CT molecular complexity index is 724. The minimum atomic E-state index is -0.827. The second-order valence-corrected chi connectivity index (χ2v) is 4.90. The fraction of sp³-hybridized carbons (Fsp3) is 0.0714. The number of hydrogen-bond acceptors (Lipinski definition) is 3. The Morgan fingerprint density at radius 1 is 1.05 bits per heavy atom. The van der Waals surface area contributed by atoms with Gasteiger partial charge < -0.3 is 5.32 Å². The third kappa shape index (κ3) is 2.42. The van der Waals surface area contributed by atoms with E-state index in [1.807, 2.05) is 24.3 Å². The highest BCUT2D eigenvalue weighted by atomic mass is 32.1. The first-order valence-electron chi connectivity index (χ1n) is 5.76. The molecule has 0 bridgehead atoms. The van der Waals surface area contributed by atoms with E-state index in [4.69, 9.17) is 0 Å². The van der Waals surface area contributed by atoms with Crippen LogP contribution >= 0.6 is 11.5 Å². The Balaban J connectivity index is 1.80. The fourth-order valence-electron chi connectivity index (χ4n) is 1.85. The highest BCUT2D eigenvalue weighted by Gasteiger charge is 2.06. The highest BCUT2D eigenvalue weighted by molar-refractivity contribution is 7.11. The molecule has 0 atom stereocenters. The molecule has 1 heterocycles. The van der Waals surface area contributed by atoms with E-state index in [-0.39, 0.29) is 0 Å². The zero-order valence-electron chi connectivity index (χ0n) is 9.86. The van der Waals surface area contributed by atoms with Gasteiger partial charge >= 0.3 is 0 Å². The average Bonchev–Trinajstić information content (AvgIpc) is 2.83. The van der Waals surface area contributed by atoms with Crippen molar-refractivity contribution in [1.29, 1.82) is 0 Å². The summed E-state index contributed by atoms with van der Waals surface area (Å²) in [4.78, 5) is 0. The molecule has 3 rings (SSSR count). The van der Waals surface area contributed by atoms with Gasteiger partial charge in [-0.15, -0.1) is 0 Å². The molecule has 0 saturated carbocycles. The van der Waals surface area contributed by atoms with Gasteiger partial charge in [-0.2, -0.15) is 4.37 Å². The molecule has 0 radical (unpaired) electrons. The molecule has 0 aliphatic heterocycles. The van der Waals surface area contributed by atoms with Gasteiger partial charge in [-0.05, 0) is 41.4 Å². The van der Waals surface area contributed by atoms with Crippen LogP contribution in [0, 0.1) is 11.6 Å². The van der Waals surface area contributed by atoms with E-state index >= 15 is 0 Å². The Morgan fingerprint density at radius 2 is 1.89 bits per heavy atom. The summed E-state index contributed by atoms with van der Waals surface area (Å²) in [5.74, 6) is -1.65. The number of nitrogens with zero attached hydrogens (tertiary/aromatic N) is 1. The van der Waals surface area contributed by atoms with E-state index < -0.39 is 11.6 Å². The number of halogens is 2. The van der Waals surface area contributed by atoms with Gasteiger partial charge in [0.15, 0.2) is 11.6 Å². The molecule has 0 aliphatic rings. The van der Waals surface area contributed by atoms with Crippen molar-refractivity contribution < 1.29 is 8.78 Å². The molecule has 0 fully saturated rings. The molecule has 0 unspecified atom stereocenters. The van der Waals surface area contributed by atoms with Crippen LogP contribution in [0.3, 0.4) is 0 Å². The number of anilines is 1. The van der Waals surface area contributed by atoms with Gasteiger partial charge in [-0.25, -0.2) is 8.78 Å². The van der Waals surface area contributed by atoms with Crippen LogP contribution in [0.1, 0.15) is 5.56 Å². The molecule has 1 N–H and O–H groups in total. The quantitative estimate of drug-likeness (QED) is 0.776. The molecule has 1 aromatic heterocycles. The first kappa shape index (κ1) is 12.0.